The third kappa shape index (κ3) is 5.29. The SMILES string of the molecule is CC(=O)N1CCN(C(=O)CC(=O)N2CCN(Cc3ccccc3)CC2)CC1. The Balaban J connectivity index is 1.40. The average molecular weight is 372 g/mol. The molecule has 0 bridgehead atoms. The molecule has 0 unspecified atom stereocenters. The van der Waals surface area contributed by atoms with Gasteiger partial charge in [0.1, 0.15) is 6.42 Å². The van der Waals surface area contributed by atoms with Crippen LogP contribution in [0.4, 0.5) is 0 Å². The zero-order valence-electron chi connectivity index (χ0n) is 16.0. The van der Waals surface area contributed by atoms with Gasteiger partial charge in [0.15, 0.2) is 0 Å². The number of carbonyl (C=O) groups is 3. The average Bonchev–Trinajstić information content (AvgIpc) is 2.69. The van der Waals surface area contributed by atoms with Gasteiger partial charge >= 0.3 is 0 Å². The Morgan fingerprint density at radius 3 is 1.74 bits per heavy atom. The van der Waals surface area contributed by atoms with Gasteiger partial charge in [-0.15, -0.1) is 0 Å². The van der Waals surface area contributed by atoms with E-state index in [-0.39, 0.29) is 24.1 Å². The van der Waals surface area contributed by atoms with Crippen LogP contribution in [0.3, 0.4) is 0 Å². The molecule has 1 aromatic carbocycles. The van der Waals surface area contributed by atoms with Crippen LogP contribution in [0.15, 0.2) is 30.3 Å². The first kappa shape index (κ1) is 19.4. The predicted molar refractivity (Wildman–Crippen MR) is 102 cm³/mol. The molecule has 0 aliphatic carbocycles. The molecule has 3 amide bonds. The molecule has 0 N–H and O–H groups in total. The van der Waals surface area contributed by atoms with Crippen LogP contribution in [-0.2, 0) is 20.9 Å². The molecule has 2 fully saturated rings. The molecule has 0 saturated carbocycles. The molecule has 7 heteroatoms. The summed E-state index contributed by atoms with van der Waals surface area (Å²) in [6, 6.07) is 10.3. The first-order chi connectivity index (χ1) is 13.0. The van der Waals surface area contributed by atoms with Crippen molar-refractivity contribution in [2.45, 2.75) is 19.9 Å². The minimum atomic E-state index is -0.130. The van der Waals surface area contributed by atoms with Gasteiger partial charge < -0.3 is 14.7 Å². The van der Waals surface area contributed by atoms with E-state index in [0.717, 1.165) is 19.6 Å². The Morgan fingerprint density at radius 2 is 1.22 bits per heavy atom. The Kier molecular flexibility index (Phi) is 6.45. The third-order valence-corrected chi connectivity index (χ3v) is 5.35. The summed E-state index contributed by atoms with van der Waals surface area (Å²) in [7, 11) is 0. The van der Waals surface area contributed by atoms with Gasteiger partial charge in [-0.25, -0.2) is 0 Å². The van der Waals surface area contributed by atoms with Crippen LogP contribution in [-0.4, -0.2) is 89.7 Å². The largest absolute Gasteiger partial charge is 0.340 e. The number of nitrogens with zero attached hydrogens (tertiary/aromatic N) is 4. The topological polar surface area (TPSA) is 64.2 Å². The molecule has 0 radical (unpaired) electrons. The second-order valence-electron chi connectivity index (χ2n) is 7.21. The second kappa shape index (κ2) is 8.99. The van der Waals surface area contributed by atoms with Crippen LogP contribution >= 0.6 is 0 Å². The molecule has 2 saturated heterocycles. The van der Waals surface area contributed by atoms with Crippen molar-refractivity contribution in [2.75, 3.05) is 52.4 Å². The normalized spacial score (nSPS) is 18.5. The zero-order chi connectivity index (χ0) is 19.2. The zero-order valence-corrected chi connectivity index (χ0v) is 16.0. The standard InChI is InChI=1S/C20H28N4O3/c1-17(25)22-11-13-24(14-12-22)20(27)15-19(26)23-9-7-21(8-10-23)16-18-5-3-2-4-6-18/h2-6H,7-16H2,1H3. The van der Waals surface area contributed by atoms with E-state index >= 15 is 0 Å². The van der Waals surface area contributed by atoms with Crippen molar-refractivity contribution < 1.29 is 14.4 Å². The molecule has 3 rings (SSSR count). The van der Waals surface area contributed by atoms with E-state index in [9.17, 15) is 14.4 Å². The van der Waals surface area contributed by atoms with E-state index in [1.54, 1.807) is 21.6 Å². The molecule has 2 heterocycles. The van der Waals surface area contributed by atoms with Crippen molar-refractivity contribution >= 4 is 17.7 Å². The quantitative estimate of drug-likeness (QED) is 0.719. The van der Waals surface area contributed by atoms with Gasteiger partial charge in [-0.3, -0.25) is 19.3 Å². The van der Waals surface area contributed by atoms with Crippen molar-refractivity contribution in [1.29, 1.82) is 0 Å². The fraction of sp³-hybridized carbons (Fsp3) is 0.550. The van der Waals surface area contributed by atoms with Crippen molar-refractivity contribution in [3.05, 3.63) is 35.9 Å². The van der Waals surface area contributed by atoms with Crippen LogP contribution in [0.1, 0.15) is 18.9 Å². The van der Waals surface area contributed by atoms with E-state index in [2.05, 4.69) is 17.0 Å². The number of benzene rings is 1. The number of piperazine rings is 2. The minimum Gasteiger partial charge on any atom is -0.340 e. The van der Waals surface area contributed by atoms with Gasteiger partial charge in [-0.2, -0.15) is 0 Å². The lowest BCUT2D eigenvalue weighted by atomic mass is 10.2. The third-order valence-electron chi connectivity index (χ3n) is 5.35. The maximum absolute atomic E-state index is 12.5. The van der Waals surface area contributed by atoms with E-state index in [1.165, 1.54) is 5.56 Å². The minimum absolute atomic E-state index is 0.0338. The summed E-state index contributed by atoms with van der Waals surface area (Å²) in [5.41, 5.74) is 1.28. The number of amides is 3. The van der Waals surface area contributed by atoms with Gasteiger partial charge in [-0.05, 0) is 5.56 Å². The van der Waals surface area contributed by atoms with Crippen molar-refractivity contribution in [3.8, 4) is 0 Å². The fourth-order valence-corrected chi connectivity index (χ4v) is 3.62. The highest BCUT2D eigenvalue weighted by molar-refractivity contribution is 5.97. The molecule has 2 aliphatic rings. The fourth-order valence-electron chi connectivity index (χ4n) is 3.62. The molecule has 27 heavy (non-hydrogen) atoms. The van der Waals surface area contributed by atoms with Crippen molar-refractivity contribution in [1.82, 2.24) is 19.6 Å². The summed E-state index contributed by atoms with van der Waals surface area (Å²) < 4.78 is 0. The second-order valence-corrected chi connectivity index (χ2v) is 7.21. The van der Waals surface area contributed by atoms with Crippen molar-refractivity contribution in [3.63, 3.8) is 0 Å². The Bertz CT molecular complexity index is 663. The monoisotopic (exact) mass is 372 g/mol. The van der Waals surface area contributed by atoms with Crippen molar-refractivity contribution in [2.24, 2.45) is 0 Å². The summed E-state index contributed by atoms with van der Waals surface area (Å²) in [5, 5.41) is 0. The smallest absolute Gasteiger partial charge is 0.232 e. The number of carbonyl (C=O) groups excluding carboxylic acids is 3. The Hall–Kier alpha value is -2.41. The Labute approximate surface area is 160 Å². The van der Waals surface area contributed by atoms with Crippen LogP contribution in [0.2, 0.25) is 0 Å². The van der Waals surface area contributed by atoms with Gasteiger partial charge in [0, 0.05) is 65.8 Å². The van der Waals surface area contributed by atoms with Crippen LogP contribution in [0.25, 0.3) is 0 Å². The maximum Gasteiger partial charge on any atom is 0.232 e. The maximum atomic E-state index is 12.5. The summed E-state index contributed by atoms with van der Waals surface area (Å²) in [6.45, 7) is 7.53. The van der Waals surface area contributed by atoms with E-state index in [4.69, 9.17) is 0 Å². The van der Waals surface area contributed by atoms with Gasteiger partial charge in [0.05, 0.1) is 0 Å². The molecule has 2 aliphatic heterocycles. The lowest BCUT2D eigenvalue weighted by molar-refractivity contribution is -0.144. The number of hydrogen-bond acceptors (Lipinski definition) is 4. The van der Waals surface area contributed by atoms with E-state index in [0.29, 0.717) is 39.3 Å². The highest BCUT2D eigenvalue weighted by atomic mass is 16.2. The van der Waals surface area contributed by atoms with Crippen LogP contribution in [0, 0.1) is 0 Å². The molecular formula is C20H28N4O3. The van der Waals surface area contributed by atoms with Gasteiger partial charge in [-0.1, -0.05) is 30.3 Å². The summed E-state index contributed by atoms with van der Waals surface area (Å²) in [6.07, 6.45) is -0.0707. The highest BCUT2D eigenvalue weighted by Gasteiger charge is 2.27. The Morgan fingerprint density at radius 1 is 0.741 bits per heavy atom. The first-order valence-corrected chi connectivity index (χ1v) is 9.60. The predicted octanol–water partition coefficient (Wildman–Crippen LogP) is 0.412. The molecule has 0 aromatic heterocycles. The van der Waals surface area contributed by atoms with Crippen LogP contribution in [0.5, 0.6) is 0 Å². The number of rotatable bonds is 4. The lowest BCUT2D eigenvalue weighted by Crippen LogP contribution is -2.52. The molecule has 0 atom stereocenters. The lowest BCUT2D eigenvalue weighted by Gasteiger charge is -2.36. The van der Waals surface area contributed by atoms with E-state index in [1.807, 2.05) is 18.2 Å². The number of hydrogen-bond donors (Lipinski definition) is 0. The molecule has 146 valence electrons. The van der Waals surface area contributed by atoms with Crippen LogP contribution < -0.4 is 0 Å². The highest BCUT2D eigenvalue weighted by Crippen LogP contribution is 2.11. The first-order valence-electron chi connectivity index (χ1n) is 9.60. The summed E-state index contributed by atoms with van der Waals surface area (Å²) in [5.74, 6) is -0.185. The molecular weight excluding hydrogens is 344 g/mol. The van der Waals surface area contributed by atoms with E-state index < -0.39 is 0 Å². The molecule has 7 nitrogen and oxygen atoms in total. The molecule has 1 aromatic rings. The van der Waals surface area contributed by atoms with Gasteiger partial charge in [0.2, 0.25) is 17.7 Å². The summed E-state index contributed by atoms with van der Waals surface area (Å²) >= 11 is 0. The van der Waals surface area contributed by atoms with Gasteiger partial charge in [0.25, 0.3) is 0 Å². The molecule has 0 spiro atoms. The summed E-state index contributed by atoms with van der Waals surface area (Å²) in [4.78, 5) is 43.8.